The molecule has 0 saturated carbocycles. The molecule has 1 aromatic rings. The fraction of sp³-hybridized carbons (Fsp3) is 0.588. The van der Waals surface area contributed by atoms with Gasteiger partial charge in [-0.3, -0.25) is 4.79 Å². The Kier molecular flexibility index (Phi) is 10.2. The molecule has 0 aliphatic heterocycles. The van der Waals surface area contributed by atoms with E-state index in [0.717, 1.165) is 0 Å². The molecule has 26 heavy (non-hydrogen) atoms. The van der Waals surface area contributed by atoms with Crippen LogP contribution in [0.3, 0.4) is 0 Å². The van der Waals surface area contributed by atoms with Gasteiger partial charge in [0.1, 0.15) is 0 Å². The third-order valence-electron chi connectivity index (χ3n) is 4.16. The van der Waals surface area contributed by atoms with Gasteiger partial charge in [0, 0.05) is 25.7 Å². The number of anilines is 2. The van der Waals surface area contributed by atoms with E-state index in [4.69, 9.17) is 5.73 Å². The zero-order valence-corrected chi connectivity index (χ0v) is 17.7. The highest BCUT2D eigenvalue weighted by Crippen LogP contribution is 2.28. The summed E-state index contributed by atoms with van der Waals surface area (Å²) in [6.07, 6.45) is 0. The summed E-state index contributed by atoms with van der Waals surface area (Å²) in [5.74, 6) is -0.635. The van der Waals surface area contributed by atoms with Crippen molar-refractivity contribution in [2.75, 3.05) is 30.3 Å². The normalized spacial score (nSPS) is 13.7. The summed E-state index contributed by atoms with van der Waals surface area (Å²) in [5.41, 5.74) is 6.89. The van der Waals surface area contributed by atoms with Crippen LogP contribution in [0.15, 0.2) is 23.1 Å². The lowest BCUT2D eigenvalue weighted by atomic mass is 10.0. The Morgan fingerprint density at radius 2 is 1.73 bits per heavy atom. The van der Waals surface area contributed by atoms with E-state index in [2.05, 4.69) is 10.6 Å². The minimum absolute atomic E-state index is 0. The molecule has 2 atom stereocenters. The highest BCUT2D eigenvalue weighted by molar-refractivity contribution is 7.89. The first kappa shape index (κ1) is 24.7. The maximum Gasteiger partial charge on any atom is 0.243 e. The van der Waals surface area contributed by atoms with Gasteiger partial charge in [-0.05, 0) is 32.0 Å². The molecule has 7 nitrogen and oxygen atoms in total. The standard InChI is InChI=1S/C17H30N4O3S.ClH/c1-6-19-15-10-9-14(25(23,24)21(7-2)8-3)11-16(15)20-17(22)12(4)13(5)18;/h9-13,19H,6-8,18H2,1-5H3,(H,20,22);1H. The number of benzene rings is 1. The molecular weight excluding hydrogens is 376 g/mol. The van der Waals surface area contributed by atoms with Crippen molar-refractivity contribution in [1.29, 1.82) is 0 Å². The minimum Gasteiger partial charge on any atom is -0.384 e. The first-order valence-electron chi connectivity index (χ1n) is 8.63. The van der Waals surface area contributed by atoms with E-state index >= 15 is 0 Å². The monoisotopic (exact) mass is 406 g/mol. The summed E-state index contributed by atoms with van der Waals surface area (Å²) in [4.78, 5) is 12.5. The van der Waals surface area contributed by atoms with E-state index in [1.54, 1.807) is 39.8 Å². The molecule has 0 radical (unpaired) electrons. The predicted octanol–water partition coefficient (Wildman–Crippen LogP) is 2.49. The molecule has 4 N–H and O–H groups in total. The number of carbonyl (C=O) groups excluding carboxylic acids is 1. The number of nitrogens with two attached hydrogens (primary N) is 1. The fourth-order valence-electron chi connectivity index (χ4n) is 2.33. The van der Waals surface area contributed by atoms with Crippen molar-refractivity contribution in [3.05, 3.63) is 18.2 Å². The van der Waals surface area contributed by atoms with Gasteiger partial charge >= 0.3 is 0 Å². The molecule has 1 amide bonds. The zero-order chi connectivity index (χ0) is 19.2. The van der Waals surface area contributed by atoms with Gasteiger partial charge < -0.3 is 16.4 Å². The molecule has 0 bridgehead atoms. The third-order valence-corrected chi connectivity index (χ3v) is 6.21. The number of rotatable bonds is 9. The summed E-state index contributed by atoms with van der Waals surface area (Å²) >= 11 is 0. The Hall–Kier alpha value is -1.35. The van der Waals surface area contributed by atoms with Crippen LogP contribution < -0.4 is 16.4 Å². The quantitative estimate of drug-likeness (QED) is 0.584. The Morgan fingerprint density at radius 3 is 2.19 bits per heavy atom. The lowest BCUT2D eigenvalue weighted by molar-refractivity contribution is -0.119. The average molecular weight is 407 g/mol. The number of sulfonamides is 1. The molecular formula is C17H31ClN4O3S. The van der Waals surface area contributed by atoms with Crippen molar-refractivity contribution in [3.63, 3.8) is 0 Å². The maximum absolute atomic E-state index is 12.7. The lowest BCUT2D eigenvalue weighted by Gasteiger charge is -2.21. The summed E-state index contributed by atoms with van der Waals surface area (Å²) in [6, 6.07) is 4.42. The SMILES string of the molecule is CCNc1ccc(S(=O)(=O)N(CC)CC)cc1NC(=O)C(C)C(C)N.Cl. The molecule has 2 unspecified atom stereocenters. The van der Waals surface area contributed by atoms with E-state index in [0.29, 0.717) is 31.0 Å². The fourth-order valence-corrected chi connectivity index (χ4v) is 3.81. The second-order valence-electron chi connectivity index (χ2n) is 5.96. The van der Waals surface area contributed by atoms with Crippen molar-refractivity contribution < 1.29 is 13.2 Å². The molecule has 150 valence electrons. The van der Waals surface area contributed by atoms with Crippen LogP contribution in [0, 0.1) is 5.92 Å². The average Bonchev–Trinajstić information content (AvgIpc) is 2.56. The summed E-state index contributed by atoms with van der Waals surface area (Å²) in [5, 5.41) is 5.93. The third kappa shape index (κ3) is 5.84. The smallest absolute Gasteiger partial charge is 0.243 e. The van der Waals surface area contributed by atoms with E-state index in [9.17, 15) is 13.2 Å². The van der Waals surface area contributed by atoms with Gasteiger partial charge in [0.05, 0.1) is 22.2 Å². The van der Waals surface area contributed by atoms with E-state index in [1.165, 1.54) is 10.4 Å². The van der Waals surface area contributed by atoms with Crippen molar-refractivity contribution in [2.24, 2.45) is 11.7 Å². The van der Waals surface area contributed by atoms with E-state index in [1.807, 2.05) is 6.92 Å². The van der Waals surface area contributed by atoms with E-state index in [-0.39, 0.29) is 29.3 Å². The van der Waals surface area contributed by atoms with Gasteiger partial charge in [-0.2, -0.15) is 4.31 Å². The van der Waals surface area contributed by atoms with Gasteiger partial charge in [0.15, 0.2) is 0 Å². The van der Waals surface area contributed by atoms with Crippen molar-refractivity contribution >= 4 is 39.7 Å². The number of carbonyl (C=O) groups is 1. The van der Waals surface area contributed by atoms with Gasteiger partial charge in [-0.15, -0.1) is 12.4 Å². The number of hydrogen-bond acceptors (Lipinski definition) is 5. The van der Waals surface area contributed by atoms with Gasteiger partial charge in [-0.25, -0.2) is 8.42 Å². The first-order valence-corrected chi connectivity index (χ1v) is 10.1. The Morgan fingerprint density at radius 1 is 1.15 bits per heavy atom. The van der Waals surface area contributed by atoms with Crippen LogP contribution in [-0.2, 0) is 14.8 Å². The van der Waals surface area contributed by atoms with Crippen LogP contribution in [-0.4, -0.2) is 44.3 Å². The molecule has 1 rings (SSSR count). The highest BCUT2D eigenvalue weighted by Gasteiger charge is 2.24. The number of halogens is 1. The Balaban J connectivity index is 0.00000625. The van der Waals surface area contributed by atoms with Crippen LogP contribution in [0.25, 0.3) is 0 Å². The number of nitrogens with zero attached hydrogens (tertiary/aromatic N) is 1. The van der Waals surface area contributed by atoms with Crippen LogP contribution in [0.4, 0.5) is 11.4 Å². The molecule has 0 aliphatic rings. The molecule has 9 heteroatoms. The van der Waals surface area contributed by atoms with E-state index < -0.39 is 15.9 Å². The number of nitrogens with one attached hydrogen (secondary N) is 2. The minimum atomic E-state index is -3.60. The predicted molar refractivity (Wildman–Crippen MR) is 109 cm³/mol. The summed E-state index contributed by atoms with van der Waals surface area (Å²) in [6.45, 7) is 10.4. The maximum atomic E-state index is 12.7. The Bertz CT molecular complexity index is 691. The first-order chi connectivity index (χ1) is 11.7. The number of amides is 1. The summed E-state index contributed by atoms with van der Waals surface area (Å²) < 4.78 is 26.8. The zero-order valence-electron chi connectivity index (χ0n) is 16.1. The molecule has 0 saturated heterocycles. The molecule has 0 aliphatic carbocycles. The number of hydrogen-bond donors (Lipinski definition) is 3. The van der Waals surface area contributed by atoms with Gasteiger partial charge in [0.2, 0.25) is 15.9 Å². The molecule has 0 heterocycles. The van der Waals surface area contributed by atoms with Crippen LogP contribution in [0.5, 0.6) is 0 Å². The lowest BCUT2D eigenvalue weighted by Crippen LogP contribution is -2.34. The summed E-state index contributed by atoms with van der Waals surface area (Å²) in [7, 11) is -3.60. The topological polar surface area (TPSA) is 105 Å². The second kappa shape index (κ2) is 10.7. The van der Waals surface area contributed by atoms with Crippen molar-refractivity contribution in [2.45, 2.75) is 45.6 Å². The van der Waals surface area contributed by atoms with Crippen LogP contribution in [0.2, 0.25) is 0 Å². The van der Waals surface area contributed by atoms with Crippen molar-refractivity contribution in [3.8, 4) is 0 Å². The molecule has 1 aromatic carbocycles. The second-order valence-corrected chi connectivity index (χ2v) is 7.90. The van der Waals surface area contributed by atoms with Crippen molar-refractivity contribution in [1.82, 2.24) is 4.31 Å². The molecule has 0 aromatic heterocycles. The highest BCUT2D eigenvalue weighted by atomic mass is 35.5. The molecule has 0 spiro atoms. The largest absolute Gasteiger partial charge is 0.384 e. The Labute approximate surface area is 163 Å². The molecule has 0 fully saturated rings. The van der Waals surface area contributed by atoms with Gasteiger partial charge in [-0.1, -0.05) is 20.8 Å². The van der Waals surface area contributed by atoms with Crippen LogP contribution >= 0.6 is 12.4 Å². The van der Waals surface area contributed by atoms with Gasteiger partial charge in [0.25, 0.3) is 0 Å². The van der Waals surface area contributed by atoms with Crippen LogP contribution in [0.1, 0.15) is 34.6 Å².